The van der Waals surface area contributed by atoms with Crippen molar-refractivity contribution < 1.29 is 4.52 Å². The fourth-order valence-corrected chi connectivity index (χ4v) is 1.52. The van der Waals surface area contributed by atoms with Gasteiger partial charge >= 0.3 is 0 Å². The predicted molar refractivity (Wildman–Crippen MR) is 44.3 cm³/mol. The zero-order chi connectivity index (χ0) is 7.68. The van der Waals surface area contributed by atoms with Crippen LogP contribution in [-0.2, 0) is 0 Å². The van der Waals surface area contributed by atoms with E-state index in [4.69, 9.17) is 4.52 Å². The highest BCUT2D eigenvalue weighted by atomic mass is 32.1. The smallest absolute Gasteiger partial charge is 0.177 e. The van der Waals surface area contributed by atoms with Gasteiger partial charge < -0.3 is 4.52 Å². The number of nitrogens with zero attached hydrogens (tertiary/aromatic N) is 1. The lowest BCUT2D eigenvalue weighted by atomic mass is 10.3. The molecular formula is C8H6NOS. The van der Waals surface area contributed by atoms with Crippen molar-refractivity contribution in [3.05, 3.63) is 36.2 Å². The van der Waals surface area contributed by atoms with Crippen molar-refractivity contribution in [3.63, 3.8) is 0 Å². The zero-order valence-electron chi connectivity index (χ0n) is 5.78. The average molecular weight is 164 g/mol. The van der Waals surface area contributed by atoms with Crippen molar-refractivity contribution in [3.8, 4) is 10.6 Å². The first-order valence-electron chi connectivity index (χ1n) is 3.19. The molecule has 0 atom stereocenters. The van der Waals surface area contributed by atoms with Crippen molar-refractivity contribution in [1.82, 2.24) is 5.16 Å². The monoisotopic (exact) mass is 164 g/mol. The molecule has 2 heterocycles. The van der Waals surface area contributed by atoms with Crippen LogP contribution in [-0.4, -0.2) is 5.16 Å². The van der Waals surface area contributed by atoms with E-state index in [0.29, 0.717) is 5.69 Å². The SMILES string of the molecule is [CH2]c1cc(-c2cccs2)on1. The molecule has 2 nitrogen and oxygen atoms in total. The molecule has 0 fully saturated rings. The highest BCUT2D eigenvalue weighted by Crippen LogP contribution is 2.24. The van der Waals surface area contributed by atoms with Crippen LogP contribution in [0.15, 0.2) is 28.1 Å². The second kappa shape index (κ2) is 2.51. The topological polar surface area (TPSA) is 26.0 Å². The van der Waals surface area contributed by atoms with Crippen LogP contribution < -0.4 is 0 Å². The van der Waals surface area contributed by atoms with Crippen LogP contribution in [0.5, 0.6) is 0 Å². The van der Waals surface area contributed by atoms with E-state index >= 15 is 0 Å². The van der Waals surface area contributed by atoms with Crippen molar-refractivity contribution in [2.24, 2.45) is 0 Å². The molecule has 0 aliphatic carbocycles. The van der Waals surface area contributed by atoms with Gasteiger partial charge in [-0.15, -0.1) is 11.3 Å². The lowest BCUT2D eigenvalue weighted by Crippen LogP contribution is -1.60. The van der Waals surface area contributed by atoms with Gasteiger partial charge in [-0.2, -0.15) is 0 Å². The Morgan fingerprint density at radius 1 is 1.55 bits per heavy atom. The van der Waals surface area contributed by atoms with Crippen LogP contribution in [0.4, 0.5) is 0 Å². The van der Waals surface area contributed by atoms with Gasteiger partial charge in [-0.25, -0.2) is 0 Å². The molecule has 2 aromatic rings. The molecule has 11 heavy (non-hydrogen) atoms. The third-order valence-corrected chi connectivity index (χ3v) is 2.21. The van der Waals surface area contributed by atoms with Crippen molar-refractivity contribution in [2.45, 2.75) is 0 Å². The molecule has 55 valence electrons. The van der Waals surface area contributed by atoms with Gasteiger partial charge in [-0.1, -0.05) is 11.2 Å². The molecule has 2 rings (SSSR count). The molecule has 0 N–H and O–H groups in total. The minimum Gasteiger partial charge on any atom is -0.355 e. The van der Waals surface area contributed by atoms with Crippen LogP contribution >= 0.6 is 11.3 Å². The minimum absolute atomic E-state index is 0.674. The number of hydrogen-bond donors (Lipinski definition) is 0. The number of aromatic nitrogens is 1. The molecule has 0 saturated heterocycles. The van der Waals surface area contributed by atoms with E-state index in [1.54, 1.807) is 11.3 Å². The first-order valence-corrected chi connectivity index (χ1v) is 4.07. The Kier molecular flexibility index (Phi) is 1.51. The Morgan fingerprint density at radius 3 is 3.00 bits per heavy atom. The molecule has 0 bridgehead atoms. The quantitative estimate of drug-likeness (QED) is 0.647. The second-order valence-corrected chi connectivity index (χ2v) is 3.11. The Hall–Kier alpha value is -1.09. The summed E-state index contributed by atoms with van der Waals surface area (Å²) in [6.07, 6.45) is 0. The maximum Gasteiger partial charge on any atom is 0.177 e. The van der Waals surface area contributed by atoms with E-state index in [1.807, 2.05) is 23.6 Å². The van der Waals surface area contributed by atoms with Crippen LogP contribution in [0.3, 0.4) is 0 Å². The summed E-state index contributed by atoms with van der Waals surface area (Å²) in [5, 5.41) is 5.69. The van der Waals surface area contributed by atoms with Gasteiger partial charge in [-0.05, 0) is 18.4 Å². The van der Waals surface area contributed by atoms with E-state index in [1.165, 1.54) is 0 Å². The largest absolute Gasteiger partial charge is 0.355 e. The maximum atomic E-state index is 5.01. The van der Waals surface area contributed by atoms with Crippen LogP contribution in [0.25, 0.3) is 10.6 Å². The van der Waals surface area contributed by atoms with E-state index in [2.05, 4.69) is 12.1 Å². The van der Waals surface area contributed by atoms with Gasteiger partial charge in [-0.3, -0.25) is 0 Å². The van der Waals surface area contributed by atoms with Gasteiger partial charge in [0.05, 0.1) is 10.6 Å². The molecule has 3 heteroatoms. The number of thiophene rings is 1. The van der Waals surface area contributed by atoms with Crippen molar-refractivity contribution >= 4 is 11.3 Å². The van der Waals surface area contributed by atoms with E-state index in [-0.39, 0.29) is 0 Å². The Balaban J connectivity index is 2.45. The zero-order valence-corrected chi connectivity index (χ0v) is 6.60. The third-order valence-electron chi connectivity index (χ3n) is 1.32. The maximum absolute atomic E-state index is 5.01. The summed E-state index contributed by atoms with van der Waals surface area (Å²) in [7, 11) is 0. The van der Waals surface area contributed by atoms with Gasteiger partial charge in [0.2, 0.25) is 0 Å². The number of rotatable bonds is 1. The molecule has 0 spiro atoms. The van der Waals surface area contributed by atoms with Crippen molar-refractivity contribution in [1.29, 1.82) is 0 Å². The van der Waals surface area contributed by atoms with Gasteiger partial charge in [0.15, 0.2) is 5.76 Å². The molecule has 0 amide bonds. The lowest BCUT2D eigenvalue weighted by Gasteiger charge is -1.82. The second-order valence-electron chi connectivity index (χ2n) is 2.16. The summed E-state index contributed by atoms with van der Waals surface area (Å²) in [6.45, 7) is 3.65. The summed E-state index contributed by atoms with van der Waals surface area (Å²) in [4.78, 5) is 1.09. The van der Waals surface area contributed by atoms with Gasteiger partial charge in [0.25, 0.3) is 0 Å². The predicted octanol–water partition coefficient (Wildman–Crippen LogP) is 2.59. The molecule has 2 aromatic heterocycles. The molecule has 0 aliphatic heterocycles. The fraction of sp³-hybridized carbons (Fsp3) is 0. The summed E-state index contributed by atoms with van der Waals surface area (Å²) < 4.78 is 5.01. The molecule has 1 radical (unpaired) electrons. The standard InChI is InChI=1S/C8H6NOS/c1-6-5-7(10-9-6)8-3-2-4-11-8/h2-5H,1H2. The first kappa shape index (κ1) is 6.61. The van der Waals surface area contributed by atoms with E-state index < -0.39 is 0 Å². The van der Waals surface area contributed by atoms with Gasteiger partial charge in [0, 0.05) is 6.07 Å². The normalized spacial score (nSPS) is 10.3. The molecule has 0 aliphatic rings. The number of hydrogen-bond acceptors (Lipinski definition) is 3. The lowest BCUT2D eigenvalue weighted by molar-refractivity contribution is 0.430. The first-order chi connectivity index (χ1) is 5.36. The van der Waals surface area contributed by atoms with E-state index in [9.17, 15) is 0 Å². The fourth-order valence-electron chi connectivity index (χ4n) is 0.847. The summed E-state index contributed by atoms with van der Waals surface area (Å²) in [6, 6.07) is 5.79. The Morgan fingerprint density at radius 2 is 2.45 bits per heavy atom. The average Bonchev–Trinajstić information content (AvgIpc) is 2.55. The third kappa shape index (κ3) is 1.19. The Bertz CT molecular complexity index is 337. The summed E-state index contributed by atoms with van der Waals surface area (Å²) in [5.41, 5.74) is 0.674. The van der Waals surface area contributed by atoms with Crippen LogP contribution in [0.1, 0.15) is 5.69 Å². The molecule has 0 aromatic carbocycles. The summed E-state index contributed by atoms with van der Waals surface area (Å²) >= 11 is 1.63. The van der Waals surface area contributed by atoms with E-state index in [0.717, 1.165) is 10.6 Å². The summed E-state index contributed by atoms with van der Waals surface area (Å²) in [5.74, 6) is 0.796. The highest BCUT2D eigenvalue weighted by molar-refractivity contribution is 7.13. The van der Waals surface area contributed by atoms with Gasteiger partial charge in [0.1, 0.15) is 0 Å². The molecular weight excluding hydrogens is 158 g/mol. The molecule has 0 unspecified atom stereocenters. The Labute approximate surface area is 68.5 Å². The molecule has 0 saturated carbocycles. The van der Waals surface area contributed by atoms with Crippen molar-refractivity contribution in [2.75, 3.05) is 0 Å². The van der Waals surface area contributed by atoms with Crippen LogP contribution in [0, 0.1) is 6.92 Å². The highest BCUT2D eigenvalue weighted by Gasteiger charge is 2.03. The van der Waals surface area contributed by atoms with Crippen LogP contribution in [0.2, 0.25) is 0 Å². The minimum atomic E-state index is 0.674.